The molecular weight excluding hydrogens is 556 g/mol. The van der Waals surface area contributed by atoms with Gasteiger partial charge in [0.25, 0.3) is 5.78 Å². The van der Waals surface area contributed by atoms with E-state index in [2.05, 4.69) is 18.8 Å². The van der Waals surface area contributed by atoms with Gasteiger partial charge in [-0.15, -0.1) is 0 Å². The number of ketones is 1. The van der Waals surface area contributed by atoms with Crippen molar-refractivity contribution in [1.29, 1.82) is 0 Å². The number of hydrogen-bond acceptors (Lipinski definition) is 9. The van der Waals surface area contributed by atoms with Crippen molar-refractivity contribution in [1.82, 2.24) is 4.98 Å². The van der Waals surface area contributed by atoms with Crippen LogP contribution in [0.5, 0.6) is 11.5 Å². The Morgan fingerprint density at radius 3 is 2.74 bits per heavy atom. The highest BCUT2D eigenvalue weighted by Crippen LogP contribution is 2.45. The Bertz CT molecular complexity index is 1570. The van der Waals surface area contributed by atoms with E-state index in [0.29, 0.717) is 41.5 Å². The first-order valence-corrected chi connectivity index (χ1v) is 14.9. The number of esters is 1. The molecule has 1 aromatic heterocycles. The molecule has 1 N–H and O–H groups in total. The molecule has 0 radical (unpaired) electrons. The minimum atomic E-state index is -1.01. The molecule has 0 bridgehead atoms. The van der Waals surface area contributed by atoms with E-state index in [1.165, 1.54) is 4.90 Å². The summed E-state index contributed by atoms with van der Waals surface area (Å²) in [5.74, 6) is -0.788. The summed E-state index contributed by atoms with van der Waals surface area (Å²) in [5, 5.41) is 11.8. The molecule has 0 aliphatic carbocycles. The third-order valence-electron chi connectivity index (χ3n) is 7.20. The number of anilines is 1. The fourth-order valence-corrected chi connectivity index (χ4v) is 6.12. The molecule has 5 rings (SSSR count). The Kier molecular flexibility index (Phi) is 8.36. The Balaban J connectivity index is 1.63. The number of thiazole rings is 1. The minimum Gasteiger partial charge on any atom is -0.507 e. The molecule has 3 heterocycles. The van der Waals surface area contributed by atoms with Crippen LogP contribution in [0.3, 0.4) is 0 Å². The van der Waals surface area contributed by atoms with Gasteiger partial charge in [0.15, 0.2) is 5.13 Å². The molecule has 0 saturated carbocycles. The average molecular weight is 591 g/mol. The van der Waals surface area contributed by atoms with Crippen LogP contribution in [0, 0.1) is 12.8 Å². The number of aliphatic hydroxyl groups excluding tert-OH is 1. The quantitative estimate of drug-likeness (QED) is 0.140. The van der Waals surface area contributed by atoms with E-state index >= 15 is 0 Å². The number of Topliss-reactive ketones (excluding diaryl/α,β-unsaturated/α-hetero) is 1. The lowest BCUT2D eigenvalue weighted by Gasteiger charge is -2.23. The zero-order valence-electron chi connectivity index (χ0n) is 24.3. The van der Waals surface area contributed by atoms with Gasteiger partial charge in [0.1, 0.15) is 28.2 Å². The highest BCUT2D eigenvalue weighted by Gasteiger charge is 2.48. The van der Waals surface area contributed by atoms with Gasteiger partial charge in [0, 0.05) is 12.0 Å². The Morgan fingerprint density at radius 1 is 1.21 bits per heavy atom. The van der Waals surface area contributed by atoms with Gasteiger partial charge in [0.05, 0.1) is 30.5 Å². The van der Waals surface area contributed by atoms with Crippen molar-refractivity contribution in [3.05, 3.63) is 75.3 Å². The number of rotatable bonds is 9. The van der Waals surface area contributed by atoms with Crippen LogP contribution in [0.25, 0.3) is 5.76 Å². The van der Waals surface area contributed by atoms with Crippen molar-refractivity contribution in [2.45, 2.75) is 59.6 Å². The second kappa shape index (κ2) is 12.0. The van der Waals surface area contributed by atoms with E-state index in [0.717, 1.165) is 29.1 Å². The molecule has 10 heteroatoms. The molecule has 42 heavy (non-hydrogen) atoms. The molecule has 220 valence electrons. The maximum absolute atomic E-state index is 13.7. The number of carbonyl (C=O) groups is 3. The number of hydrogen-bond donors (Lipinski definition) is 1. The zero-order valence-corrected chi connectivity index (χ0v) is 25.1. The molecular formula is C32H34N2O7S. The predicted octanol–water partition coefficient (Wildman–Crippen LogP) is 6.00. The summed E-state index contributed by atoms with van der Waals surface area (Å²) in [7, 11) is 0. The van der Waals surface area contributed by atoms with Gasteiger partial charge in [-0.2, -0.15) is 0 Å². The molecule has 1 fully saturated rings. The number of amides is 1. The van der Waals surface area contributed by atoms with Crippen LogP contribution >= 0.6 is 11.3 Å². The highest BCUT2D eigenvalue weighted by atomic mass is 32.1. The van der Waals surface area contributed by atoms with Crippen molar-refractivity contribution in [2.75, 3.05) is 18.1 Å². The van der Waals surface area contributed by atoms with E-state index in [-0.39, 0.29) is 34.1 Å². The summed E-state index contributed by atoms with van der Waals surface area (Å²) in [4.78, 5) is 45.8. The first-order chi connectivity index (χ1) is 20.1. The monoisotopic (exact) mass is 590 g/mol. The van der Waals surface area contributed by atoms with E-state index in [1.54, 1.807) is 50.2 Å². The van der Waals surface area contributed by atoms with Crippen LogP contribution in [0.1, 0.15) is 72.2 Å². The van der Waals surface area contributed by atoms with Crippen LogP contribution in [0.2, 0.25) is 0 Å². The number of aliphatic hydroxyl groups is 1. The number of ether oxygens (including phenoxy) is 3. The number of nitrogens with zero attached hydrogens (tertiary/aromatic N) is 2. The van der Waals surface area contributed by atoms with E-state index < -0.39 is 23.7 Å². The second-order valence-electron chi connectivity index (χ2n) is 10.9. The zero-order chi connectivity index (χ0) is 30.1. The summed E-state index contributed by atoms with van der Waals surface area (Å²) >= 11 is 0.972. The summed E-state index contributed by atoms with van der Waals surface area (Å²) < 4.78 is 16.9. The fraction of sp³-hybridized carbons (Fsp3) is 0.375. The van der Waals surface area contributed by atoms with Gasteiger partial charge in [-0.05, 0) is 74.6 Å². The standard InChI is InChI=1S/C32H34N2O7S/c1-6-39-31(38)29-19(5)33-32(42-29)34-26(20-8-7-9-23(16-20)40-13-12-17(2)3)25(28(36)30(34)37)27(35)21-10-11-24-22(15-21)14-18(4)41-24/h7-11,15-18,26,35H,6,12-14H2,1-5H3/b27-25+/t18-,26+/m0/s1. The van der Waals surface area contributed by atoms with Crippen LogP contribution in [0.15, 0.2) is 48.0 Å². The van der Waals surface area contributed by atoms with Crippen molar-refractivity contribution in [2.24, 2.45) is 5.92 Å². The second-order valence-corrected chi connectivity index (χ2v) is 11.8. The van der Waals surface area contributed by atoms with E-state index in [1.807, 2.05) is 13.0 Å². The summed E-state index contributed by atoms with van der Waals surface area (Å²) in [6.45, 7) is 10.2. The van der Waals surface area contributed by atoms with Crippen molar-refractivity contribution < 1.29 is 33.7 Å². The lowest BCUT2D eigenvalue weighted by molar-refractivity contribution is -0.132. The SMILES string of the molecule is CCOC(=O)c1sc(N2C(=O)C(=O)/C(=C(/O)c3ccc4c(c3)C[C@H](C)O4)[C@H]2c2cccc(OCCC(C)C)c2)nc1C. The first-order valence-electron chi connectivity index (χ1n) is 14.1. The molecule has 9 nitrogen and oxygen atoms in total. The number of carbonyl (C=O) groups excluding carboxylic acids is 3. The van der Waals surface area contributed by atoms with Gasteiger partial charge < -0.3 is 19.3 Å². The summed E-state index contributed by atoms with van der Waals surface area (Å²) in [5.41, 5.74) is 2.18. The van der Waals surface area contributed by atoms with Crippen molar-refractivity contribution >= 4 is 39.9 Å². The third-order valence-corrected chi connectivity index (χ3v) is 8.34. The Labute approximate surface area is 248 Å². The summed E-state index contributed by atoms with van der Waals surface area (Å²) in [6.07, 6.45) is 1.53. The van der Waals surface area contributed by atoms with Gasteiger partial charge >= 0.3 is 11.9 Å². The Hall–Kier alpha value is -4.18. The molecule has 2 aliphatic rings. The predicted molar refractivity (Wildman–Crippen MR) is 159 cm³/mol. The van der Waals surface area contributed by atoms with Crippen molar-refractivity contribution in [3.8, 4) is 11.5 Å². The minimum absolute atomic E-state index is 0.00292. The molecule has 1 amide bonds. The maximum atomic E-state index is 13.7. The van der Waals surface area contributed by atoms with Gasteiger partial charge in [-0.3, -0.25) is 14.5 Å². The molecule has 2 aromatic carbocycles. The number of fused-ring (bicyclic) bond motifs is 1. The van der Waals surface area contributed by atoms with Crippen LogP contribution in [-0.2, 0) is 20.7 Å². The largest absolute Gasteiger partial charge is 0.507 e. The maximum Gasteiger partial charge on any atom is 0.350 e. The van der Waals surface area contributed by atoms with Gasteiger partial charge in [-0.1, -0.05) is 37.3 Å². The normalized spacial score (nSPS) is 19.2. The van der Waals surface area contributed by atoms with Crippen LogP contribution in [-0.4, -0.2) is 47.1 Å². The molecule has 2 aliphatic heterocycles. The van der Waals surface area contributed by atoms with E-state index in [9.17, 15) is 19.5 Å². The molecule has 2 atom stereocenters. The number of aryl methyl sites for hydroxylation is 1. The van der Waals surface area contributed by atoms with Crippen LogP contribution < -0.4 is 14.4 Å². The smallest absolute Gasteiger partial charge is 0.350 e. The topological polar surface area (TPSA) is 115 Å². The number of benzene rings is 2. The van der Waals surface area contributed by atoms with E-state index in [4.69, 9.17) is 14.2 Å². The molecule has 3 aromatic rings. The number of aromatic nitrogens is 1. The summed E-state index contributed by atoms with van der Waals surface area (Å²) in [6, 6.07) is 11.3. The lowest BCUT2D eigenvalue weighted by atomic mass is 9.94. The average Bonchev–Trinajstić information content (AvgIpc) is 3.60. The highest BCUT2D eigenvalue weighted by molar-refractivity contribution is 7.17. The Morgan fingerprint density at radius 2 is 2.00 bits per heavy atom. The molecule has 0 unspecified atom stereocenters. The fourth-order valence-electron chi connectivity index (χ4n) is 5.13. The third kappa shape index (κ3) is 5.63. The molecule has 0 spiro atoms. The first kappa shape index (κ1) is 29.3. The van der Waals surface area contributed by atoms with Gasteiger partial charge in [-0.25, -0.2) is 9.78 Å². The van der Waals surface area contributed by atoms with Gasteiger partial charge in [0.2, 0.25) is 0 Å². The molecule has 1 saturated heterocycles. The van der Waals surface area contributed by atoms with Crippen molar-refractivity contribution in [3.63, 3.8) is 0 Å². The van der Waals surface area contributed by atoms with Crippen LogP contribution in [0.4, 0.5) is 5.13 Å². The lowest BCUT2D eigenvalue weighted by Crippen LogP contribution is -2.29.